The van der Waals surface area contributed by atoms with Gasteiger partial charge in [-0.05, 0) is 71.7 Å². The third-order valence-electron chi connectivity index (χ3n) is 16.0. The van der Waals surface area contributed by atoms with Crippen molar-refractivity contribution in [3.8, 4) is 11.5 Å². The Hall–Kier alpha value is -7.43. The van der Waals surface area contributed by atoms with Crippen molar-refractivity contribution in [3.05, 3.63) is 91.4 Å². The number of nitrogens with zero attached hydrogens (tertiary/aromatic N) is 5. The van der Waals surface area contributed by atoms with Gasteiger partial charge in [-0.25, -0.2) is 0 Å². The number of guanidine groups is 2. The molecule has 26 nitrogen and oxygen atoms in total. The van der Waals surface area contributed by atoms with Gasteiger partial charge in [-0.15, -0.1) is 0 Å². The summed E-state index contributed by atoms with van der Waals surface area (Å²) in [6.45, 7) is 2.90. The molecule has 6 aliphatic carbocycles. The first-order valence-electron chi connectivity index (χ1n) is 24.1. The molecule has 3 fully saturated rings. The van der Waals surface area contributed by atoms with E-state index in [1.165, 1.54) is 75.2 Å². The Morgan fingerprint density at radius 3 is 1.84 bits per heavy atom. The highest BCUT2D eigenvalue weighted by Crippen LogP contribution is 2.59. The zero-order chi connectivity index (χ0) is 57.0. The number of aliphatic imine (C=N–C) groups is 1. The first-order chi connectivity index (χ1) is 35.9. The van der Waals surface area contributed by atoms with E-state index in [-0.39, 0.29) is 58.7 Å². The van der Waals surface area contributed by atoms with E-state index < -0.39 is 150 Å². The van der Waals surface area contributed by atoms with E-state index in [0.717, 1.165) is 0 Å². The predicted molar refractivity (Wildman–Crippen MR) is 271 cm³/mol. The number of halogens is 1. The van der Waals surface area contributed by atoms with E-state index in [4.69, 9.17) is 34.2 Å². The van der Waals surface area contributed by atoms with Crippen molar-refractivity contribution >= 4 is 70.0 Å². The second-order valence-corrected chi connectivity index (χ2v) is 21.1. The number of ketones is 4. The SMILES string of the molecule is CN(C)[C@@H]1C(=O)C(C(=O)NCN2CCN(C(=N)N=C(N)N)CC2)=C(O)[C@@]2(O)C(=O)C3=C(O)c4c(O)cccc4[C@@](C)(O)[C@H]3C[C@@H]12.CN(C)[C@@H]1C(=O)C(C(N)=O)=C(O)[C@@]2(O)C(=O)C3=C(O)c4c(O)ccc(Cl)c4[C@@H](O)[C@H]3C[C@@H]12. The summed E-state index contributed by atoms with van der Waals surface area (Å²) in [5.41, 5.74) is 5.66. The van der Waals surface area contributed by atoms with Crippen LogP contribution in [0, 0.1) is 29.1 Å². The number of carbonyl (C=O) groups excluding carboxylic acids is 6. The lowest BCUT2D eigenvalue weighted by Crippen LogP contribution is -2.67. The highest BCUT2D eigenvalue weighted by molar-refractivity contribution is 6.32. The number of phenolic OH excluding ortho intramolecular Hbond substituents is 2. The summed E-state index contributed by atoms with van der Waals surface area (Å²) in [4.78, 5) is 89.9. The van der Waals surface area contributed by atoms with Crippen molar-refractivity contribution in [3.63, 3.8) is 0 Å². The highest BCUT2D eigenvalue weighted by Gasteiger charge is 2.68. The number of rotatable bonds is 6. The summed E-state index contributed by atoms with van der Waals surface area (Å²) in [7, 11) is 6.03. The Morgan fingerprint density at radius 1 is 0.766 bits per heavy atom. The number of nitrogens with one attached hydrogen (secondary N) is 2. The number of nitrogens with two attached hydrogens (primary N) is 3. The van der Waals surface area contributed by atoms with Gasteiger partial charge in [-0.3, -0.25) is 48.9 Å². The number of amides is 2. The normalized spacial score (nSPS) is 30.9. The number of hydrogen-bond donors (Lipinski definition) is 15. The van der Waals surface area contributed by atoms with E-state index in [1.54, 1.807) is 4.90 Å². The van der Waals surface area contributed by atoms with Crippen LogP contribution in [-0.4, -0.2) is 202 Å². The Bertz CT molecular complexity index is 3140. The molecule has 2 amide bonds. The molecule has 27 heteroatoms. The minimum Gasteiger partial charge on any atom is -0.508 e. The molecule has 10 atom stereocenters. The number of phenols is 2. The summed E-state index contributed by atoms with van der Waals surface area (Å²) in [6, 6.07) is 4.23. The van der Waals surface area contributed by atoms with Crippen LogP contribution >= 0.6 is 11.6 Å². The van der Waals surface area contributed by atoms with Gasteiger partial charge in [0.1, 0.15) is 45.7 Å². The van der Waals surface area contributed by atoms with Crippen molar-refractivity contribution in [1.29, 1.82) is 5.41 Å². The molecule has 2 aromatic carbocycles. The van der Waals surface area contributed by atoms with Crippen LogP contribution in [0.2, 0.25) is 5.02 Å². The van der Waals surface area contributed by atoms with Crippen LogP contribution in [0.5, 0.6) is 11.5 Å². The minimum absolute atomic E-state index is 0.00251. The number of likely N-dealkylation sites (N-methyl/N-ethyl adjacent to an activating group) is 2. The van der Waals surface area contributed by atoms with Gasteiger partial charge in [0.15, 0.2) is 28.7 Å². The van der Waals surface area contributed by atoms with Crippen molar-refractivity contribution < 1.29 is 79.8 Å². The summed E-state index contributed by atoms with van der Waals surface area (Å²) in [6.07, 6.45) is -1.93. The number of aromatic hydroxyl groups is 2. The van der Waals surface area contributed by atoms with E-state index >= 15 is 0 Å². The fourth-order valence-corrected chi connectivity index (χ4v) is 12.6. The number of hydrogen-bond acceptors (Lipinski definition) is 20. The summed E-state index contributed by atoms with van der Waals surface area (Å²) >= 11 is 6.19. The number of piperazine rings is 1. The molecule has 7 aliphatic rings. The molecular formula is C50H59ClN10O16. The molecule has 1 heterocycles. The zero-order valence-electron chi connectivity index (χ0n) is 42.1. The van der Waals surface area contributed by atoms with Crippen molar-refractivity contribution in [2.75, 3.05) is 61.0 Å². The predicted octanol–water partition coefficient (Wildman–Crippen LogP) is -1.85. The van der Waals surface area contributed by atoms with Crippen LogP contribution in [-0.2, 0) is 34.4 Å². The van der Waals surface area contributed by atoms with Crippen molar-refractivity contribution in [2.24, 2.45) is 45.9 Å². The molecule has 18 N–H and O–H groups in total. The number of benzene rings is 2. The van der Waals surface area contributed by atoms with Gasteiger partial charge in [0.05, 0.1) is 41.6 Å². The lowest BCUT2D eigenvalue weighted by Gasteiger charge is -2.53. The van der Waals surface area contributed by atoms with Crippen molar-refractivity contribution in [2.45, 2.75) is 54.8 Å². The average Bonchev–Trinajstić information content (AvgIpc) is 3.52. The number of Topliss-reactive ketones (excluding diaryl/α,β-unsaturated/α-hetero) is 4. The number of carbonyl (C=O) groups is 6. The lowest BCUT2D eigenvalue weighted by molar-refractivity contribution is -0.159. The largest absolute Gasteiger partial charge is 0.508 e. The van der Waals surface area contributed by atoms with Crippen LogP contribution < -0.4 is 22.5 Å². The summed E-state index contributed by atoms with van der Waals surface area (Å²) < 4.78 is 0. The lowest BCUT2D eigenvalue weighted by atomic mass is 9.54. The Morgan fingerprint density at radius 2 is 1.29 bits per heavy atom. The molecule has 1 saturated heterocycles. The standard InChI is InChI=1S/C29H38N8O8.C21H21ClN2O8/c1-28(44)13-5-4-6-16(38)17(13)21(39)18-14(28)11-15-20(35(2)3)22(40)19(24(42)29(15,45)23(18)41)25(43)33-12-36-7-9-37(10-8-36)27(32)34-26(30)31;1-24(2)14-7-5-6-10(16(27)12-9(25)4-3-8(22)11(12)15(6)26)18(29)21(7,32)19(30)13(17(14)28)20(23)31/h4-6,14-15,20,38-39,42,44-45H,7-12H2,1-3H3,(H,33,43)(H5,30,31,32,34);3-4,6-7,14-15,25-27,30,32H,5H2,1-2H3,(H2,23,31)/t14-,15-,20-,28+,29-;6-,7-,14-,15-,21-/m00/s1. The van der Waals surface area contributed by atoms with Crippen LogP contribution in [0.25, 0.3) is 11.5 Å². The number of aliphatic hydroxyl groups excluding tert-OH is 5. The molecule has 0 aromatic heterocycles. The molecule has 2 saturated carbocycles. The second-order valence-electron chi connectivity index (χ2n) is 20.7. The third kappa shape index (κ3) is 8.37. The zero-order valence-corrected chi connectivity index (χ0v) is 42.9. The average molecular weight is 1090 g/mol. The topological polar surface area (TPSA) is 444 Å². The smallest absolute Gasteiger partial charge is 0.259 e. The van der Waals surface area contributed by atoms with E-state index in [9.17, 15) is 79.8 Å². The number of primary amides is 1. The van der Waals surface area contributed by atoms with Gasteiger partial charge in [0.2, 0.25) is 17.5 Å². The Balaban J connectivity index is 0.000000216. The molecule has 0 bridgehead atoms. The maximum Gasteiger partial charge on any atom is 0.259 e. The highest BCUT2D eigenvalue weighted by atomic mass is 35.5. The number of aliphatic hydroxyl groups is 8. The van der Waals surface area contributed by atoms with E-state index in [1.807, 2.05) is 4.90 Å². The molecule has 0 radical (unpaired) electrons. The van der Waals surface area contributed by atoms with Gasteiger partial charge in [0.25, 0.3) is 11.8 Å². The molecule has 9 rings (SSSR count). The summed E-state index contributed by atoms with van der Waals surface area (Å²) in [5.74, 6) is -16.2. The first-order valence-corrected chi connectivity index (χ1v) is 24.4. The molecule has 0 unspecified atom stereocenters. The summed E-state index contributed by atoms with van der Waals surface area (Å²) in [5, 5.41) is 122. The van der Waals surface area contributed by atoms with Crippen LogP contribution in [0.15, 0.2) is 69.1 Å². The monoisotopic (exact) mass is 1090 g/mol. The van der Waals surface area contributed by atoms with E-state index in [0.29, 0.717) is 26.2 Å². The second kappa shape index (κ2) is 19.5. The quantitative estimate of drug-likeness (QED) is 0.0858. The number of fused-ring (bicyclic) bond motifs is 6. The maximum absolute atomic E-state index is 14.2. The first kappa shape index (κ1) is 55.8. The van der Waals surface area contributed by atoms with Gasteiger partial charge in [-0.1, -0.05) is 23.7 Å². The van der Waals surface area contributed by atoms with Crippen LogP contribution in [0.1, 0.15) is 48.1 Å². The molecule has 1 aliphatic heterocycles. The Labute approximate surface area is 443 Å². The fraction of sp³-hybridized carbons (Fsp3) is 0.440. The fourth-order valence-electron chi connectivity index (χ4n) is 12.3. The molecule has 2 aromatic rings. The van der Waals surface area contributed by atoms with Crippen LogP contribution in [0.4, 0.5) is 0 Å². The molecule has 412 valence electrons. The van der Waals surface area contributed by atoms with Gasteiger partial charge < -0.3 is 78.5 Å². The van der Waals surface area contributed by atoms with Crippen LogP contribution in [0.3, 0.4) is 0 Å². The molecular weight excluding hydrogens is 1030 g/mol. The van der Waals surface area contributed by atoms with Crippen molar-refractivity contribution in [1.82, 2.24) is 24.9 Å². The molecule has 0 spiro atoms. The molecule has 77 heavy (non-hydrogen) atoms. The third-order valence-corrected chi connectivity index (χ3v) is 16.3. The van der Waals surface area contributed by atoms with Gasteiger partial charge in [0, 0.05) is 71.6 Å². The van der Waals surface area contributed by atoms with Gasteiger partial charge >= 0.3 is 0 Å². The van der Waals surface area contributed by atoms with Gasteiger partial charge in [-0.2, -0.15) is 4.99 Å². The maximum atomic E-state index is 14.2. The minimum atomic E-state index is -2.80. The Kier molecular flexibility index (Phi) is 14.2. The van der Waals surface area contributed by atoms with E-state index in [2.05, 4.69) is 10.3 Å².